The predicted octanol–water partition coefficient (Wildman–Crippen LogP) is -0.0294. The van der Waals surface area contributed by atoms with E-state index in [2.05, 4.69) is 4.99 Å². The van der Waals surface area contributed by atoms with E-state index in [0.29, 0.717) is 0 Å². The number of hydrogen-bond acceptors (Lipinski definition) is 5. The zero-order chi connectivity index (χ0) is 16.2. The molecule has 1 aliphatic heterocycles. The summed E-state index contributed by atoms with van der Waals surface area (Å²) in [7, 11) is -4.54. The highest BCUT2D eigenvalue weighted by Gasteiger charge is 2.53. The van der Waals surface area contributed by atoms with E-state index < -0.39 is 28.1 Å². The highest BCUT2D eigenvalue weighted by atomic mass is 32.2. The molecular weight excluding hydrogens is 322 g/mol. The lowest BCUT2D eigenvalue weighted by atomic mass is 10.7. The third kappa shape index (κ3) is 6.31. The maximum atomic E-state index is 12.0. The molecule has 2 atom stereocenters. The summed E-state index contributed by atoms with van der Waals surface area (Å²) in [5.74, 6) is 0. The third-order valence-electron chi connectivity index (χ3n) is 1.54. The van der Waals surface area contributed by atoms with E-state index in [1.165, 1.54) is 4.90 Å². The van der Waals surface area contributed by atoms with Gasteiger partial charge in [-0.05, 0) is 0 Å². The quantitative estimate of drug-likeness (QED) is 0.582. The molecule has 20 heavy (non-hydrogen) atoms. The highest BCUT2D eigenvalue weighted by Crippen LogP contribution is 2.32. The average Bonchev–Trinajstić information content (AvgIpc) is 2.65. The predicted molar refractivity (Wildman–Crippen MR) is 51.2 cm³/mol. The molecule has 1 N–H and O–H groups in total. The van der Waals surface area contributed by atoms with Crippen LogP contribution in [0.15, 0.2) is 17.4 Å². The molecule has 1 heterocycles. The molecular formula is C7H8F6N2O4S. The number of halogens is 6. The Labute approximate surface area is 109 Å². The van der Waals surface area contributed by atoms with Gasteiger partial charge in [-0.1, -0.05) is 0 Å². The van der Waals surface area contributed by atoms with Gasteiger partial charge in [0.15, 0.2) is 16.5 Å². The lowest BCUT2D eigenvalue weighted by Gasteiger charge is -2.23. The van der Waals surface area contributed by atoms with Gasteiger partial charge in [0.25, 0.3) is 6.36 Å². The second kappa shape index (κ2) is 6.51. The van der Waals surface area contributed by atoms with Gasteiger partial charge in [-0.3, -0.25) is 4.90 Å². The first-order valence-electron chi connectivity index (χ1n) is 4.52. The van der Waals surface area contributed by atoms with Crippen molar-refractivity contribution >= 4 is 16.5 Å². The van der Waals surface area contributed by atoms with Crippen molar-refractivity contribution in [1.29, 1.82) is 0 Å². The van der Waals surface area contributed by atoms with Crippen molar-refractivity contribution in [1.82, 2.24) is 0 Å². The normalized spacial score (nSPS) is 20.5. The maximum Gasteiger partial charge on any atom is 0.525 e. The first-order valence-corrected chi connectivity index (χ1v) is 5.93. The fourth-order valence-electron chi connectivity index (χ4n) is 0.664. The van der Waals surface area contributed by atoms with Crippen LogP contribution in [0.25, 0.3) is 0 Å². The van der Waals surface area contributed by atoms with Crippen LogP contribution in [0.2, 0.25) is 0 Å². The van der Waals surface area contributed by atoms with Crippen molar-refractivity contribution in [2.45, 2.75) is 18.0 Å². The van der Waals surface area contributed by atoms with E-state index in [1.807, 2.05) is 24.3 Å². The summed E-state index contributed by atoms with van der Waals surface area (Å²) < 4.78 is 100. The molecule has 0 aliphatic carbocycles. The van der Waals surface area contributed by atoms with Gasteiger partial charge in [-0.2, -0.15) is 8.78 Å². The van der Waals surface area contributed by atoms with E-state index >= 15 is 0 Å². The molecule has 0 aromatic carbocycles. The molecule has 118 valence electrons. The maximum absolute atomic E-state index is 12.0. The Morgan fingerprint density at radius 3 is 2.00 bits per heavy atom. The van der Waals surface area contributed by atoms with Crippen LogP contribution in [0, 0.1) is 0 Å². The Morgan fingerprint density at radius 1 is 1.30 bits per heavy atom. The first-order chi connectivity index (χ1) is 8.77. The molecule has 1 aliphatic rings. The number of hydrogen-bond donors (Lipinski definition) is 1. The van der Waals surface area contributed by atoms with E-state index in [4.69, 9.17) is 0 Å². The number of quaternary nitrogens is 1. The summed E-state index contributed by atoms with van der Waals surface area (Å²) in [5.41, 5.74) is 0. The van der Waals surface area contributed by atoms with Crippen LogP contribution < -0.4 is 4.90 Å². The molecule has 0 saturated carbocycles. The molecule has 13 heteroatoms. The summed E-state index contributed by atoms with van der Waals surface area (Å²) in [4.78, 5) is 5.05. The largest absolute Gasteiger partial charge is 0.743 e. The van der Waals surface area contributed by atoms with Gasteiger partial charge in [0.2, 0.25) is 0 Å². The van der Waals surface area contributed by atoms with Crippen molar-refractivity contribution in [3.05, 3.63) is 12.4 Å². The minimum Gasteiger partial charge on any atom is -0.743 e. The van der Waals surface area contributed by atoms with Crippen LogP contribution in [-0.2, 0) is 14.9 Å². The molecule has 0 bridgehead atoms. The Kier molecular flexibility index (Phi) is 6.13. The van der Waals surface area contributed by atoms with Crippen molar-refractivity contribution < 1.29 is 48.9 Å². The van der Waals surface area contributed by atoms with E-state index in [1.54, 1.807) is 6.20 Å². The van der Waals surface area contributed by atoms with Gasteiger partial charge < -0.3 is 4.55 Å². The summed E-state index contributed by atoms with van der Waals surface area (Å²) in [6.45, 7) is 0. The number of alkyl halides is 6. The van der Waals surface area contributed by atoms with Crippen LogP contribution in [-0.4, -0.2) is 44.3 Å². The standard InChI is InChI=1S/C4H6N2.C3H2F6O4S/c1-6-3-2-5-4-6;4-1(13-3(7,8)9)2(5,6)14(10,11)12/h2-4H,1H3;1H,(H,10,11,12). The van der Waals surface area contributed by atoms with Crippen LogP contribution in [0.4, 0.5) is 26.3 Å². The van der Waals surface area contributed by atoms with Crippen LogP contribution in [0.5, 0.6) is 0 Å². The van der Waals surface area contributed by atoms with Crippen molar-refractivity contribution in [2.24, 2.45) is 4.99 Å². The molecule has 6 nitrogen and oxygen atoms in total. The molecule has 0 spiro atoms. The number of rotatable bonds is 3. The van der Waals surface area contributed by atoms with Gasteiger partial charge in [0.1, 0.15) is 6.20 Å². The summed E-state index contributed by atoms with van der Waals surface area (Å²) >= 11 is 0. The van der Waals surface area contributed by atoms with Gasteiger partial charge in [-0.25, -0.2) is 22.5 Å². The van der Waals surface area contributed by atoms with Crippen LogP contribution in [0.1, 0.15) is 0 Å². The molecule has 0 amide bonds. The summed E-state index contributed by atoms with van der Waals surface area (Å²) in [6, 6.07) is 0. The molecule has 0 radical (unpaired) electrons. The minimum atomic E-state index is -6.56. The zero-order valence-electron chi connectivity index (χ0n) is 9.57. The Morgan fingerprint density at radius 2 is 1.80 bits per heavy atom. The van der Waals surface area contributed by atoms with E-state index in [0.717, 1.165) is 0 Å². The molecule has 0 aromatic rings. The number of ether oxygens (including phenoxy) is 1. The monoisotopic (exact) mass is 330 g/mol. The average molecular weight is 330 g/mol. The lowest BCUT2D eigenvalue weighted by Crippen LogP contribution is -3.01. The zero-order valence-corrected chi connectivity index (χ0v) is 10.4. The minimum absolute atomic E-state index is 1.23. The van der Waals surface area contributed by atoms with Crippen molar-refractivity contribution in [2.75, 3.05) is 7.05 Å². The van der Waals surface area contributed by atoms with E-state index in [9.17, 15) is 39.3 Å². The molecule has 0 saturated heterocycles. The smallest absolute Gasteiger partial charge is 0.525 e. The fourth-order valence-corrected chi connectivity index (χ4v) is 0.939. The van der Waals surface area contributed by atoms with Gasteiger partial charge in [-0.15, -0.1) is 13.2 Å². The third-order valence-corrected chi connectivity index (χ3v) is 2.39. The highest BCUT2D eigenvalue weighted by molar-refractivity contribution is 7.86. The summed E-state index contributed by atoms with van der Waals surface area (Å²) in [6.07, 6.45) is -4.81. The second-order valence-corrected chi connectivity index (χ2v) is 4.69. The first kappa shape index (κ1) is 18.8. The number of aliphatic imine (C=N–C) groups is 1. The molecule has 1 rings (SSSR count). The SMILES string of the molecule is C[NH+]1C=CN=C1.O=S(=O)([O-])C(F)(F)C(F)OC(F)(F)F. The Hall–Kier alpha value is -1.18. The fraction of sp³-hybridized carbons (Fsp3) is 0.571. The molecule has 2 unspecified atom stereocenters. The van der Waals surface area contributed by atoms with Crippen molar-refractivity contribution in [3.8, 4) is 0 Å². The summed E-state index contributed by atoms with van der Waals surface area (Å²) in [5, 5.41) is -5.79. The van der Waals surface area contributed by atoms with Crippen LogP contribution >= 0.6 is 0 Å². The Balaban J connectivity index is 0.000000493. The number of nitrogens with one attached hydrogen (secondary N) is 1. The molecule has 0 fully saturated rings. The van der Waals surface area contributed by atoms with Crippen molar-refractivity contribution in [3.63, 3.8) is 0 Å². The second-order valence-electron chi connectivity index (χ2n) is 3.23. The van der Waals surface area contributed by atoms with Gasteiger partial charge in [0.05, 0.1) is 13.2 Å². The Bertz CT molecular complexity index is 462. The van der Waals surface area contributed by atoms with Gasteiger partial charge >= 0.3 is 11.6 Å². The van der Waals surface area contributed by atoms with Crippen LogP contribution in [0.3, 0.4) is 0 Å². The lowest BCUT2D eigenvalue weighted by molar-refractivity contribution is -0.709. The number of nitrogens with zero attached hydrogens (tertiary/aromatic N) is 1. The van der Waals surface area contributed by atoms with E-state index in [-0.39, 0.29) is 0 Å². The van der Waals surface area contributed by atoms with Gasteiger partial charge in [0, 0.05) is 0 Å². The topological polar surface area (TPSA) is 83.2 Å². The molecule has 0 aromatic heterocycles.